The summed E-state index contributed by atoms with van der Waals surface area (Å²) in [7, 11) is 2.03. The number of benzene rings is 1. The summed E-state index contributed by atoms with van der Waals surface area (Å²) in [6.45, 7) is 1.59. The molecule has 1 heterocycles. The summed E-state index contributed by atoms with van der Waals surface area (Å²) in [5, 5.41) is 2.10. The van der Waals surface area contributed by atoms with E-state index in [1.807, 2.05) is 31.3 Å². The Balaban J connectivity index is 2.11. The van der Waals surface area contributed by atoms with E-state index in [2.05, 4.69) is 5.32 Å². The Kier molecular flexibility index (Phi) is 2.36. The molecule has 0 aromatic heterocycles. The van der Waals surface area contributed by atoms with Crippen LogP contribution in [0, 0.1) is 0 Å². The van der Waals surface area contributed by atoms with Gasteiger partial charge in [0.2, 0.25) is 0 Å². The number of para-hydroxylation sites is 2. The highest BCUT2D eigenvalue weighted by molar-refractivity contribution is 5.40. The number of likely N-dealkylation sites (N-methyl/N-ethyl adjacent to an activating group) is 1. The predicted molar refractivity (Wildman–Crippen MR) is 49.1 cm³/mol. The molecule has 0 bridgehead atoms. The number of fused-ring (bicyclic) bond motifs is 1. The Morgan fingerprint density at radius 1 is 1.38 bits per heavy atom. The van der Waals surface area contributed by atoms with Gasteiger partial charge in [-0.1, -0.05) is 12.1 Å². The van der Waals surface area contributed by atoms with Gasteiger partial charge in [-0.25, -0.2) is 0 Å². The van der Waals surface area contributed by atoms with Crippen molar-refractivity contribution in [2.75, 3.05) is 20.2 Å². The zero-order valence-electron chi connectivity index (χ0n) is 7.69. The predicted octanol–water partition coefficient (Wildman–Crippen LogP) is 0.0196. The fraction of sp³-hybridized carbons (Fsp3) is 0.400. The quantitative estimate of drug-likeness (QED) is 0.696. The van der Waals surface area contributed by atoms with Crippen LogP contribution in [0.5, 0.6) is 11.5 Å². The smallest absolute Gasteiger partial charge is 0.181 e. The van der Waals surface area contributed by atoms with Crippen LogP contribution in [-0.4, -0.2) is 26.3 Å². The fourth-order valence-electron chi connectivity index (χ4n) is 1.44. The van der Waals surface area contributed by atoms with E-state index in [9.17, 15) is 0 Å². The van der Waals surface area contributed by atoms with Gasteiger partial charge in [0.05, 0.1) is 7.05 Å². The fourth-order valence-corrected chi connectivity index (χ4v) is 1.44. The summed E-state index contributed by atoms with van der Waals surface area (Å²) < 4.78 is 11.3. The van der Waals surface area contributed by atoms with E-state index >= 15 is 0 Å². The Hall–Kier alpha value is -1.22. The normalized spacial score (nSPS) is 19.9. The Bertz CT molecular complexity index is 288. The van der Waals surface area contributed by atoms with Gasteiger partial charge in [0.1, 0.15) is 13.2 Å². The van der Waals surface area contributed by atoms with Crippen molar-refractivity contribution in [1.82, 2.24) is 0 Å². The van der Waals surface area contributed by atoms with Crippen molar-refractivity contribution in [2.24, 2.45) is 0 Å². The van der Waals surface area contributed by atoms with Crippen LogP contribution in [0.3, 0.4) is 0 Å². The molecule has 0 radical (unpaired) electrons. The molecule has 0 spiro atoms. The highest BCUT2D eigenvalue weighted by Gasteiger charge is 2.20. The van der Waals surface area contributed by atoms with Crippen LogP contribution >= 0.6 is 0 Å². The lowest BCUT2D eigenvalue weighted by Crippen LogP contribution is -2.83. The third kappa shape index (κ3) is 1.75. The zero-order valence-corrected chi connectivity index (χ0v) is 7.69. The molecule has 70 valence electrons. The first kappa shape index (κ1) is 8.38. The van der Waals surface area contributed by atoms with Crippen LogP contribution < -0.4 is 14.8 Å². The molecule has 13 heavy (non-hydrogen) atoms. The topological polar surface area (TPSA) is 35.1 Å². The number of hydrogen-bond donors (Lipinski definition) is 1. The second-order valence-electron chi connectivity index (χ2n) is 3.14. The molecule has 1 aliphatic rings. The van der Waals surface area contributed by atoms with E-state index in [0.717, 1.165) is 18.0 Å². The standard InChI is InChI=1S/C10H13NO2/c1-11-6-8-7-12-9-4-2-3-5-10(9)13-8/h2-5,8,11H,6-7H2,1H3/p+1/t8-/m1/s1. The van der Waals surface area contributed by atoms with Crippen LogP contribution in [-0.2, 0) is 0 Å². The van der Waals surface area contributed by atoms with Crippen molar-refractivity contribution in [3.05, 3.63) is 24.3 Å². The van der Waals surface area contributed by atoms with Gasteiger partial charge >= 0.3 is 0 Å². The van der Waals surface area contributed by atoms with Gasteiger partial charge in [0.25, 0.3) is 0 Å². The van der Waals surface area contributed by atoms with Gasteiger partial charge in [0, 0.05) is 0 Å². The van der Waals surface area contributed by atoms with Gasteiger partial charge in [0.15, 0.2) is 17.6 Å². The third-order valence-corrected chi connectivity index (χ3v) is 2.07. The summed E-state index contributed by atoms with van der Waals surface area (Å²) in [4.78, 5) is 0. The molecule has 0 saturated carbocycles. The molecule has 1 aliphatic heterocycles. The first-order valence-electron chi connectivity index (χ1n) is 4.56. The monoisotopic (exact) mass is 180 g/mol. The Labute approximate surface area is 77.7 Å². The third-order valence-electron chi connectivity index (χ3n) is 2.07. The largest absolute Gasteiger partial charge is 0.486 e. The Morgan fingerprint density at radius 3 is 2.92 bits per heavy atom. The maximum absolute atomic E-state index is 5.72. The number of quaternary nitrogens is 1. The average Bonchev–Trinajstić information content (AvgIpc) is 2.18. The number of ether oxygens (including phenoxy) is 2. The van der Waals surface area contributed by atoms with Crippen LogP contribution in [0.4, 0.5) is 0 Å². The molecular weight excluding hydrogens is 166 g/mol. The van der Waals surface area contributed by atoms with Crippen LogP contribution in [0.25, 0.3) is 0 Å². The molecule has 1 atom stereocenters. The summed E-state index contributed by atoms with van der Waals surface area (Å²) >= 11 is 0. The zero-order chi connectivity index (χ0) is 9.10. The summed E-state index contributed by atoms with van der Waals surface area (Å²) in [5.74, 6) is 1.72. The summed E-state index contributed by atoms with van der Waals surface area (Å²) in [6, 6.07) is 7.78. The second kappa shape index (κ2) is 3.66. The molecule has 1 aromatic rings. The van der Waals surface area contributed by atoms with Crippen molar-refractivity contribution >= 4 is 0 Å². The first-order chi connectivity index (χ1) is 6.40. The molecule has 0 aliphatic carbocycles. The molecular formula is C10H14NO2+. The Morgan fingerprint density at radius 2 is 2.15 bits per heavy atom. The molecule has 2 N–H and O–H groups in total. The molecule has 0 fully saturated rings. The number of hydrogen-bond acceptors (Lipinski definition) is 2. The minimum absolute atomic E-state index is 0.180. The van der Waals surface area contributed by atoms with E-state index in [1.54, 1.807) is 0 Å². The highest BCUT2D eigenvalue weighted by atomic mass is 16.6. The number of rotatable bonds is 2. The second-order valence-corrected chi connectivity index (χ2v) is 3.14. The lowest BCUT2D eigenvalue weighted by Gasteiger charge is -2.24. The highest BCUT2D eigenvalue weighted by Crippen LogP contribution is 2.30. The molecule has 0 unspecified atom stereocenters. The van der Waals surface area contributed by atoms with E-state index in [0.29, 0.717) is 6.61 Å². The van der Waals surface area contributed by atoms with Crippen molar-refractivity contribution < 1.29 is 14.8 Å². The van der Waals surface area contributed by atoms with E-state index in [1.165, 1.54) is 0 Å². The maximum Gasteiger partial charge on any atom is 0.181 e. The maximum atomic E-state index is 5.72. The SMILES string of the molecule is C[NH2+]C[C@@H]1COc2ccccc2O1. The lowest BCUT2D eigenvalue weighted by molar-refractivity contribution is -0.633. The van der Waals surface area contributed by atoms with Gasteiger partial charge in [-0.15, -0.1) is 0 Å². The first-order valence-corrected chi connectivity index (χ1v) is 4.56. The van der Waals surface area contributed by atoms with E-state index < -0.39 is 0 Å². The lowest BCUT2D eigenvalue weighted by atomic mass is 10.2. The van der Waals surface area contributed by atoms with Crippen LogP contribution in [0.1, 0.15) is 0 Å². The molecule has 0 saturated heterocycles. The van der Waals surface area contributed by atoms with E-state index in [-0.39, 0.29) is 6.10 Å². The molecule has 1 aromatic carbocycles. The van der Waals surface area contributed by atoms with Gasteiger partial charge in [-0.3, -0.25) is 0 Å². The average molecular weight is 180 g/mol. The summed E-state index contributed by atoms with van der Waals surface area (Å²) in [6.07, 6.45) is 0.180. The molecule has 0 amide bonds. The van der Waals surface area contributed by atoms with Gasteiger partial charge < -0.3 is 14.8 Å². The molecule has 3 nitrogen and oxygen atoms in total. The van der Waals surface area contributed by atoms with E-state index in [4.69, 9.17) is 9.47 Å². The van der Waals surface area contributed by atoms with Gasteiger partial charge in [-0.05, 0) is 12.1 Å². The van der Waals surface area contributed by atoms with Crippen molar-refractivity contribution in [3.63, 3.8) is 0 Å². The summed E-state index contributed by atoms with van der Waals surface area (Å²) in [5.41, 5.74) is 0. The number of nitrogens with two attached hydrogens (primary N) is 1. The van der Waals surface area contributed by atoms with Crippen LogP contribution in [0.15, 0.2) is 24.3 Å². The minimum atomic E-state index is 0.180. The molecule has 2 rings (SSSR count). The molecule has 3 heteroatoms. The minimum Gasteiger partial charge on any atom is -0.486 e. The van der Waals surface area contributed by atoms with Crippen molar-refractivity contribution in [3.8, 4) is 11.5 Å². The van der Waals surface area contributed by atoms with Crippen molar-refractivity contribution in [1.29, 1.82) is 0 Å². The van der Waals surface area contributed by atoms with Crippen molar-refractivity contribution in [2.45, 2.75) is 6.10 Å². The van der Waals surface area contributed by atoms with Gasteiger partial charge in [-0.2, -0.15) is 0 Å². The van der Waals surface area contributed by atoms with Crippen LogP contribution in [0.2, 0.25) is 0 Å².